The molecular weight excluding hydrogens is 254 g/mol. The summed E-state index contributed by atoms with van der Waals surface area (Å²) in [4.78, 5) is 3.47. The van der Waals surface area contributed by atoms with E-state index in [1.54, 1.807) is 18.9 Å². The largest absolute Gasteiger partial charge is 0.497 e. The molecule has 1 aromatic heterocycles. The Kier molecular flexibility index (Phi) is 3.22. The Balaban J connectivity index is 2.31. The lowest BCUT2D eigenvalue weighted by Crippen LogP contribution is -1.82. The number of rotatable bonds is 3. The van der Waals surface area contributed by atoms with Crippen molar-refractivity contribution in [3.63, 3.8) is 0 Å². The molecule has 0 aliphatic rings. The van der Waals surface area contributed by atoms with E-state index in [0.717, 1.165) is 11.3 Å². The summed E-state index contributed by atoms with van der Waals surface area (Å²) in [7, 11) is 1.70. The van der Waals surface area contributed by atoms with E-state index in [9.17, 15) is 0 Å². The third kappa shape index (κ3) is 2.10. The lowest BCUT2D eigenvalue weighted by atomic mass is 10.0. The van der Waals surface area contributed by atoms with Gasteiger partial charge in [0.1, 0.15) is 5.75 Å². The van der Waals surface area contributed by atoms with Gasteiger partial charge < -0.3 is 9.72 Å². The van der Waals surface area contributed by atoms with Gasteiger partial charge in [-0.05, 0) is 30.0 Å². The number of H-pyrrole nitrogens is 1. The molecular formula is C16H15NOS. The molecule has 0 bridgehead atoms. The molecule has 3 rings (SSSR count). The summed E-state index contributed by atoms with van der Waals surface area (Å²) in [6, 6.07) is 16.6. The van der Waals surface area contributed by atoms with Gasteiger partial charge in [0.25, 0.3) is 0 Å². The molecule has 19 heavy (non-hydrogen) atoms. The first-order valence-corrected chi connectivity index (χ1v) is 7.35. The second kappa shape index (κ2) is 5.02. The van der Waals surface area contributed by atoms with Gasteiger partial charge in [-0.1, -0.05) is 30.3 Å². The number of aromatic amines is 1. The monoisotopic (exact) mass is 269 g/mol. The molecule has 1 N–H and O–H groups in total. The predicted octanol–water partition coefficient (Wildman–Crippen LogP) is 4.57. The third-order valence-corrected chi connectivity index (χ3v) is 3.95. The Bertz CT molecular complexity index is 703. The molecule has 0 aliphatic heterocycles. The summed E-state index contributed by atoms with van der Waals surface area (Å²) < 4.78 is 5.34. The van der Waals surface area contributed by atoms with E-state index in [4.69, 9.17) is 4.74 Å². The van der Waals surface area contributed by atoms with Crippen LogP contribution in [0.2, 0.25) is 0 Å². The summed E-state index contributed by atoms with van der Waals surface area (Å²) in [5.74, 6) is 0.885. The number of ether oxygens (including phenoxy) is 1. The maximum Gasteiger partial charge on any atom is 0.119 e. The Morgan fingerprint density at radius 3 is 2.53 bits per heavy atom. The summed E-state index contributed by atoms with van der Waals surface area (Å²) in [6.07, 6.45) is 2.09. The van der Waals surface area contributed by atoms with Crippen LogP contribution in [0, 0.1) is 0 Å². The maximum absolute atomic E-state index is 5.34. The van der Waals surface area contributed by atoms with Crippen LogP contribution < -0.4 is 4.74 Å². The summed E-state index contributed by atoms with van der Waals surface area (Å²) in [6.45, 7) is 0. The van der Waals surface area contributed by atoms with Crippen molar-refractivity contribution in [3.8, 4) is 16.9 Å². The van der Waals surface area contributed by atoms with Gasteiger partial charge >= 0.3 is 0 Å². The molecule has 0 saturated heterocycles. The van der Waals surface area contributed by atoms with Crippen LogP contribution in [0.5, 0.6) is 5.75 Å². The van der Waals surface area contributed by atoms with Crippen LogP contribution in [0.4, 0.5) is 0 Å². The van der Waals surface area contributed by atoms with Crippen molar-refractivity contribution in [1.29, 1.82) is 0 Å². The van der Waals surface area contributed by atoms with Crippen LogP contribution in [0.1, 0.15) is 0 Å². The SMILES string of the molecule is COc1ccc2[nH]c(SC)c(-c3ccccc3)c2c1. The smallest absolute Gasteiger partial charge is 0.119 e. The molecule has 2 aromatic carbocycles. The fourth-order valence-corrected chi connectivity index (χ4v) is 2.96. The maximum atomic E-state index is 5.34. The van der Waals surface area contributed by atoms with Crippen LogP contribution >= 0.6 is 11.8 Å². The zero-order valence-corrected chi connectivity index (χ0v) is 11.8. The fourth-order valence-electron chi connectivity index (χ4n) is 2.32. The highest BCUT2D eigenvalue weighted by Crippen LogP contribution is 2.38. The van der Waals surface area contributed by atoms with Gasteiger partial charge in [-0.3, -0.25) is 0 Å². The lowest BCUT2D eigenvalue weighted by molar-refractivity contribution is 0.415. The molecule has 0 atom stereocenters. The highest BCUT2D eigenvalue weighted by atomic mass is 32.2. The molecule has 0 aliphatic carbocycles. The van der Waals surface area contributed by atoms with E-state index < -0.39 is 0 Å². The standard InChI is InChI=1S/C16H15NOS/c1-18-12-8-9-14-13(10-12)15(16(17-14)19-2)11-6-4-3-5-7-11/h3-10,17H,1-2H3. The van der Waals surface area contributed by atoms with Gasteiger partial charge in [0.15, 0.2) is 0 Å². The highest BCUT2D eigenvalue weighted by Gasteiger charge is 2.13. The van der Waals surface area contributed by atoms with E-state index in [1.807, 2.05) is 12.1 Å². The Morgan fingerprint density at radius 2 is 1.84 bits per heavy atom. The molecule has 0 fully saturated rings. The quantitative estimate of drug-likeness (QED) is 0.705. The van der Waals surface area contributed by atoms with E-state index >= 15 is 0 Å². The number of hydrogen-bond acceptors (Lipinski definition) is 2. The lowest BCUT2D eigenvalue weighted by Gasteiger charge is -2.04. The van der Waals surface area contributed by atoms with Crippen LogP contribution in [-0.4, -0.2) is 18.3 Å². The fraction of sp³-hybridized carbons (Fsp3) is 0.125. The topological polar surface area (TPSA) is 25.0 Å². The van der Waals surface area contributed by atoms with Gasteiger partial charge in [0.05, 0.1) is 12.1 Å². The number of fused-ring (bicyclic) bond motifs is 1. The minimum absolute atomic E-state index is 0.885. The second-order valence-corrected chi connectivity index (χ2v) is 5.13. The molecule has 0 spiro atoms. The van der Waals surface area contributed by atoms with Gasteiger partial charge in [-0.25, -0.2) is 0 Å². The molecule has 1 heterocycles. The van der Waals surface area contributed by atoms with E-state index in [0.29, 0.717) is 0 Å². The molecule has 3 heteroatoms. The number of aromatic nitrogens is 1. The average Bonchev–Trinajstić information content (AvgIpc) is 2.85. The minimum Gasteiger partial charge on any atom is -0.497 e. The van der Waals surface area contributed by atoms with E-state index in [1.165, 1.54) is 21.5 Å². The van der Waals surface area contributed by atoms with E-state index in [2.05, 4.69) is 47.6 Å². The van der Waals surface area contributed by atoms with Crippen LogP contribution in [0.15, 0.2) is 53.6 Å². The van der Waals surface area contributed by atoms with Crippen molar-refractivity contribution in [2.75, 3.05) is 13.4 Å². The predicted molar refractivity (Wildman–Crippen MR) is 82.1 cm³/mol. The number of methoxy groups -OCH3 is 1. The van der Waals surface area contributed by atoms with Crippen LogP contribution in [-0.2, 0) is 0 Å². The van der Waals surface area contributed by atoms with Crippen molar-refractivity contribution >= 4 is 22.7 Å². The molecule has 96 valence electrons. The number of hydrogen-bond donors (Lipinski definition) is 1. The van der Waals surface area contributed by atoms with Gasteiger partial charge in [0, 0.05) is 16.5 Å². The van der Waals surface area contributed by atoms with Gasteiger partial charge in [-0.15, -0.1) is 11.8 Å². The van der Waals surface area contributed by atoms with Gasteiger partial charge in [-0.2, -0.15) is 0 Å². The highest BCUT2D eigenvalue weighted by molar-refractivity contribution is 7.98. The molecule has 0 unspecified atom stereocenters. The molecule has 0 radical (unpaired) electrons. The molecule has 3 aromatic rings. The zero-order chi connectivity index (χ0) is 13.2. The van der Waals surface area contributed by atoms with Crippen molar-refractivity contribution in [2.45, 2.75) is 5.03 Å². The Hall–Kier alpha value is -1.87. The number of nitrogens with one attached hydrogen (secondary N) is 1. The summed E-state index contributed by atoms with van der Waals surface area (Å²) in [5.41, 5.74) is 3.62. The third-order valence-electron chi connectivity index (χ3n) is 3.24. The second-order valence-electron chi connectivity index (χ2n) is 4.31. The Morgan fingerprint density at radius 1 is 1.05 bits per heavy atom. The van der Waals surface area contributed by atoms with Crippen molar-refractivity contribution in [3.05, 3.63) is 48.5 Å². The minimum atomic E-state index is 0.885. The van der Waals surface area contributed by atoms with Crippen molar-refractivity contribution in [1.82, 2.24) is 4.98 Å². The first kappa shape index (κ1) is 12.2. The molecule has 2 nitrogen and oxygen atoms in total. The van der Waals surface area contributed by atoms with E-state index in [-0.39, 0.29) is 0 Å². The van der Waals surface area contributed by atoms with Gasteiger partial charge in [0.2, 0.25) is 0 Å². The average molecular weight is 269 g/mol. The first-order valence-electron chi connectivity index (χ1n) is 6.12. The molecule has 0 amide bonds. The summed E-state index contributed by atoms with van der Waals surface area (Å²) >= 11 is 1.73. The summed E-state index contributed by atoms with van der Waals surface area (Å²) in [5, 5.41) is 2.39. The van der Waals surface area contributed by atoms with Crippen molar-refractivity contribution < 1.29 is 4.74 Å². The van der Waals surface area contributed by atoms with Crippen LogP contribution in [0.25, 0.3) is 22.0 Å². The first-order chi connectivity index (χ1) is 9.33. The molecule has 0 saturated carbocycles. The zero-order valence-electron chi connectivity index (χ0n) is 10.9. The normalized spacial score (nSPS) is 10.8. The number of benzene rings is 2. The number of thioether (sulfide) groups is 1. The Labute approximate surface area is 116 Å². The van der Waals surface area contributed by atoms with Crippen LogP contribution in [0.3, 0.4) is 0 Å². The van der Waals surface area contributed by atoms with Crippen molar-refractivity contribution in [2.24, 2.45) is 0 Å².